The summed E-state index contributed by atoms with van der Waals surface area (Å²) in [5, 5.41) is 3.42. The molecule has 1 atom stereocenters. The van der Waals surface area contributed by atoms with E-state index in [9.17, 15) is 9.59 Å². The van der Waals surface area contributed by atoms with Crippen LogP contribution in [0.3, 0.4) is 0 Å². The average molecular weight is 766 g/mol. The van der Waals surface area contributed by atoms with Gasteiger partial charge in [0.15, 0.2) is 0 Å². The summed E-state index contributed by atoms with van der Waals surface area (Å²) in [7, 11) is 4.21. The summed E-state index contributed by atoms with van der Waals surface area (Å²) in [6.45, 7) is 6.92. The van der Waals surface area contributed by atoms with E-state index in [4.69, 9.17) is 0 Å². The van der Waals surface area contributed by atoms with Gasteiger partial charge in [-0.05, 0) is 142 Å². The van der Waals surface area contributed by atoms with Gasteiger partial charge in [-0.1, -0.05) is 140 Å². The Balaban J connectivity index is 1.75. The van der Waals surface area contributed by atoms with E-state index in [-0.39, 0.29) is 11.8 Å². The summed E-state index contributed by atoms with van der Waals surface area (Å²) in [5.41, 5.74) is -0.649. The summed E-state index contributed by atoms with van der Waals surface area (Å²) in [5.74, 6) is 1.25. The second-order valence-corrected chi connectivity index (χ2v) is 17.7. The molecular formula is C50H91N3O2. The minimum absolute atomic E-state index is 0.160. The largest absolute Gasteiger partial charge is 0.354 e. The molecule has 5 nitrogen and oxygen atoms in total. The van der Waals surface area contributed by atoms with Crippen LogP contribution >= 0.6 is 0 Å². The first kappa shape index (κ1) is 49.3. The van der Waals surface area contributed by atoms with E-state index in [1.54, 1.807) is 0 Å². The van der Waals surface area contributed by atoms with Gasteiger partial charge in [0.2, 0.25) is 11.8 Å². The zero-order valence-electron chi connectivity index (χ0n) is 37.1. The third-order valence-electron chi connectivity index (χ3n) is 12.6. The first-order valence-corrected chi connectivity index (χ1v) is 24.1. The van der Waals surface area contributed by atoms with E-state index >= 15 is 0 Å². The Hall–Kier alpha value is -1.88. The monoisotopic (exact) mass is 766 g/mol. The van der Waals surface area contributed by atoms with Crippen LogP contribution in [0.2, 0.25) is 0 Å². The molecule has 0 radical (unpaired) electrons. The van der Waals surface area contributed by atoms with Crippen molar-refractivity contribution in [3.05, 3.63) is 36.5 Å². The Labute approximate surface area is 342 Å². The standard InChI is InChI=1S/C50H91N3O2/c1-5-7-9-11-13-15-17-19-21-23-25-27-29-31-33-35-42-51-49(55)50(45-46-38-40-47(50)41-39-46)53(44-36-43-52(3)4)48(54)37-34-32-30-28-26-24-22-20-18-16-14-12-10-8-6-2/h14,16,19-22,46-47H,5-13,15,17-18,23-45H2,1-4H3,(H,51,55)/b16-14-,21-19-,22-20-. The zero-order chi connectivity index (χ0) is 39.7. The highest BCUT2D eigenvalue weighted by atomic mass is 16.2. The third-order valence-corrected chi connectivity index (χ3v) is 12.6. The normalized spacial score (nSPS) is 19.8. The molecule has 0 aromatic carbocycles. The molecule has 2 bridgehead atoms. The Morgan fingerprint density at radius 2 is 1.04 bits per heavy atom. The number of nitrogens with zero attached hydrogens (tertiary/aromatic N) is 2. The van der Waals surface area contributed by atoms with Crippen LogP contribution in [0.25, 0.3) is 0 Å². The molecule has 3 rings (SSSR count). The lowest BCUT2D eigenvalue weighted by Gasteiger charge is -2.55. The Kier molecular flexibility index (Phi) is 29.7. The van der Waals surface area contributed by atoms with Gasteiger partial charge in [-0.15, -0.1) is 0 Å². The first-order valence-electron chi connectivity index (χ1n) is 24.1. The van der Waals surface area contributed by atoms with Gasteiger partial charge in [-0.25, -0.2) is 0 Å². The predicted octanol–water partition coefficient (Wildman–Crippen LogP) is 13.7. The van der Waals surface area contributed by atoms with Gasteiger partial charge in [-0.2, -0.15) is 0 Å². The molecule has 0 spiro atoms. The van der Waals surface area contributed by atoms with Crippen LogP contribution < -0.4 is 5.32 Å². The molecule has 0 saturated heterocycles. The molecule has 3 aliphatic carbocycles. The number of unbranched alkanes of at least 4 members (excludes halogenated alkanes) is 20. The Morgan fingerprint density at radius 3 is 1.56 bits per heavy atom. The van der Waals surface area contributed by atoms with Gasteiger partial charge in [-0.3, -0.25) is 9.59 Å². The van der Waals surface area contributed by atoms with Crippen molar-refractivity contribution in [3.8, 4) is 0 Å². The fourth-order valence-corrected chi connectivity index (χ4v) is 9.22. The maximum absolute atomic E-state index is 14.4. The van der Waals surface area contributed by atoms with Crippen LogP contribution in [-0.2, 0) is 9.59 Å². The number of allylic oxidation sites excluding steroid dienone is 6. The van der Waals surface area contributed by atoms with Crippen molar-refractivity contribution in [3.63, 3.8) is 0 Å². The van der Waals surface area contributed by atoms with Crippen molar-refractivity contribution in [2.24, 2.45) is 11.8 Å². The van der Waals surface area contributed by atoms with Crippen LogP contribution in [0.15, 0.2) is 36.5 Å². The smallest absolute Gasteiger partial charge is 0.246 e. The van der Waals surface area contributed by atoms with Gasteiger partial charge in [0.25, 0.3) is 0 Å². The number of hydrogen-bond donors (Lipinski definition) is 1. The molecule has 3 aliphatic rings. The molecule has 3 saturated carbocycles. The van der Waals surface area contributed by atoms with Crippen LogP contribution in [0.4, 0.5) is 0 Å². The second kappa shape index (κ2) is 33.1. The van der Waals surface area contributed by atoms with E-state index in [2.05, 4.69) is 79.5 Å². The van der Waals surface area contributed by atoms with Crippen molar-refractivity contribution in [1.29, 1.82) is 0 Å². The van der Waals surface area contributed by atoms with Gasteiger partial charge in [0, 0.05) is 19.5 Å². The summed E-state index contributed by atoms with van der Waals surface area (Å²) in [6, 6.07) is 0. The van der Waals surface area contributed by atoms with Crippen molar-refractivity contribution in [2.45, 2.75) is 225 Å². The fourth-order valence-electron chi connectivity index (χ4n) is 9.22. The SMILES string of the molecule is CCCCC/C=C\C/C=C\CCCCCCCC(=O)N(CCCN(C)C)C1(C(=O)NCCCCCCCC/C=C\CCCCCCCC)CC2CCC1CC2. The number of amides is 2. The van der Waals surface area contributed by atoms with Gasteiger partial charge in [0.1, 0.15) is 5.54 Å². The van der Waals surface area contributed by atoms with Crippen molar-refractivity contribution >= 4 is 11.8 Å². The predicted molar refractivity (Wildman–Crippen MR) is 239 cm³/mol. The number of carbonyl (C=O) groups is 2. The molecule has 0 aromatic rings. The first-order chi connectivity index (χ1) is 27.0. The third kappa shape index (κ3) is 22.0. The summed E-state index contributed by atoms with van der Waals surface area (Å²) in [6.07, 6.45) is 52.2. The topological polar surface area (TPSA) is 52.7 Å². The zero-order valence-corrected chi connectivity index (χ0v) is 37.1. The number of rotatable bonds is 36. The minimum Gasteiger partial charge on any atom is -0.354 e. The lowest BCUT2D eigenvalue weighted by Crippen LogP contribution is -2.68. The van der Waals surface area contributed by atoms with Crippen molar-refractivity contribution in [1.82, 2.24) is 15.1 Å². The minimum atomic E-state index is -0.649. The van der Waals surface area contributed by atoms with Crippen molar-refractivity contribution < 1.29 is 9.59 Å². The fraction of sp³-hybridized carbons (Fsp3) is 0.840. The molecule has 5 heteroatoms. The molecule has 55 heavy (non-hydrogen) atoms. The summed E-state index contributed by atoms with van der Waals surface area (Å²) >= 11 is 0. The number of carbonyl (C=O) groups excluding carboxylic acids is 2. The highest BCUT2D eigenvalue weighted by Crippen LogP contribution is 2.51. The maximum Gasteiger partial charge on any atom is 0.246 e. The van der Waals surface area contributed by atoms with Crippen LogP contribution in [0.1, 0.15) is 219 Å². The van der Waals surface area contributed by atoms with Gasteiger partial charge < -0.3 is 15.1 Å². The molecule has 1 unspecified atom stereocenters. The van der Waals surface area contributed by atoms with E-state index in [1.807, 2.05) is 0 Å². The van der Waals surface area contributed by atoms with E-state index in [0.717, 1.165) is 70.9 Å². The van der Waals surface area contributed by atoms with Gasteiger partial charge in [0.05, 0.1) is 0 Å². The summed E-state index contributed by atoms with van der Waals surface area (Å²) in [4.78, 5) is 32.9. The van der Waals surface area contributed by atoms with E-state index in [0.29, 0.717) is 24.8 Å². The molecule has 318 valence electrons. The highest BCUT2D eigenvalue weighted by Gasteiger charge is 2.56. The molecule has 0 heterocycles. The number of hydrogen-bond acceptors (Lipinski definition) is 3. The van der Waals surface area contributed by atoms with E-state index < -0.39 is 5.54 Å². The lowest BCUT2D eigenvalue weighted by atomic mass is 9.59. The average Bonchev–Trinajstić information content (AvgIpc) is 3.19. The molecule has 2 amide bonds. The molecule has 1 N–H and O–H groups in total. The lowest BCUT2D eigenvalue weighted by molar-refractivity contribution is -0.161. The molecule has 0 aliphatic heterocycles. The Morgan fingerprint density at radius 1 is 0.564 bits per heavy atom. The van der Waals surface area contributed by atoms with Crippen LogP contribution in [0.5, 0.6) is 0 Å². The van der Waals surface area contributed by atoms with Crippen LogP contribution in [-0.4, -0.2) is 60.9 Å². The van der Waals surface area contributed by atoms with Crippen LogP contribution in [0, 0.1) is 11.8 Å². The highest BCUT2D eigenvalue weighted by molar-refractivity contribution is 5.92. The number of nitrogens with one attached hydrogen (secondary N) is 1. The molecule has 0 aromatic heterocycles. The quantitative estimate of drug-likeness (QED) is 0.0510. The number of fused-ring (bicyclic) bond motifs is 3. The van der Waals surface area contributed by atoms with Gasteiger partial charge >= 0.3 is 0 Å². The molecular weight excluding hydrogens is 675 g/mol. The van der Waals surface area contributed by atoms with E-state index in [1.165, 1.54) is 141 Å². The summed E-state index contributed by atoms with van der Waals surface area (Å²) < 4.78 is 0. The second-order valence-electron chi connectivity index (χ2n) is 17.7. The molecule has 3 fully saturated rings. The maximum atomic E-state index is 14.4. The van der Waals surface area contributed by atoms with Crippen molar-refractivity contribution in [2.75, 3.05) is 33.7 Å². The Bertz CT molecular complexity index is 1030.